The first-order chi connectivity index (χ1) is 13.3. The summed E-state index contributed by atoms with van der Waals surface area (Å²) in [5.41, 5.74) is 0.593. The number of carbonyl (C=O) groups is 2. The van der Waals surface area contributed by atoms with Gasteiger partial charge in [0, 0.05) is 16.7 Å². The normalized spacial score (nSPS) is 14.8. The van der Waals surface area contributed by atoms with Gasteiger partial charge in [-0.3, -0.25) is 9.59 Å². The summed E-state index contributed by atoms with van der Waals surface area (Å²) in [5, 5.41) is 0.299. The Morgan fingerprint density at radius 2 is 1.36 bits per heavy atom. The topological polar surface area (TPSA) is 63.6 Å². The van der Waals surface area contributed by atoms with Gasteiger partial charge in [-0.25, -0.2) is 4.21 Å². The maximum absolute atomic E-state index is 13.2. The molecular formula is C21H13Cl2NO3S. The Balaban J connectivity index is 1.99. The van der Waals surface area contributed by atoms with Crippen LogP contribution in [-0.4, -0.2) is 22.0 Å². The van der Waals surface area contributed by atoms with Crippen LogP contribution in [0.2, 0.25) is 10.0 Å². The molecule has 1 aliphatic carbocycles. The van der Waals surface area contributed by atoms with E-state index in [-0.39, 0.29) is 38.0 Å². The molecule has 4 rings (SSSR count). The lowest BCUT2D eigenvalue weighted by Gasteiger charge is -2.20. The number of halogens is 2. The van der Waals surface area contributed by atoms with Crippen molar-refractivity contribution in [3.63, 3.8) is 0 Å². The van der Waals surface area contributed by atoms with E-state index in [1.165, 1.54) is 24.5 Å². The third-order valence-corrected chi connectivity index (χ3v) is 6.85. The average Bonchev–Trinajstić information content (AvgIpc) is 2.68. The van der Waals surface area contributed by atoms with Crippen molar-refractivity contribution in [3.8, 4) is 0 Å². The van der Waals surface area contributed by atoms with Crippen LogP contribution in [-0.2, 0) is 9.73 Å². The minimum atomic E-state index is -2.83. The predicted octanol–water partition coefficient (Wildman–Crippen LogP) is 5.56. The van der Waals surface area contributed by atoms with Gasteiger partial charge in [-0.05, 0) is 30.3 Å². The van der Waals surface area contributed by atoms with Gasteiger partial charge in [0.05, 0.1) is 42.2 Å². The summed E-state index contributed by atoms with van der Waals surface area (Å²) < 4.78 is 17.6. The van der Waals surface area contributed by atoms with Gasteiger partial charge in [0.15, 0.2) is 11.6 Å². The maximum Gasteiger partial charge on any atom is 0.198 e. The monoisotopic (exact) mass is 429 g/mol. The molecule has 0 amide bonds. The van der Waals surface area contributed by atoms with E-state index in [1.807, 2.05) is 6.07 Å². The molecular weight excluding hydrogens is 417 g/mol. The van der Waals surface area contributed by atoms with Crippen molar-refractivity contribution in [2.24, 2.45) is 4.36 Å². The largest absolute Gasteiger partial charge is 0.289 e. The van der Waals surface area contributed by atoms with Gasteiger partial charge >= 0.3 is 0 Å². The highest BCUT2D eigenvalue weighted by Gasteiger charge is 2.35. The molecule has 0 radical (unpaired) electrons. The lowest BCUT2D eigenvalue weighted by molar-refractivity contribution is 0.0980. The standard InChI is InChI=1S/C21H13Cl2NO3S/c1-28(27,12-6-3-2-4-7-12)24-16-9-5-8-13-17(16)21(26)19-15(23)11-10-14(22)18(19)20(13)25/h2-11H,1H3. The SMILES string of the molecule is CS(=O)(=Nc1cccc2c1C(=O)c1c(Cl)ccc(Cl)c1C2=O)c1ccccc1. The molecule has 0 N–H and O–H groups in total. The van der Waals surface area contributed by atoms with Gasteiger partial charge in [-0.15, -0.1) is 0 Å². The predicted molar refractivity (Wildman–Crippen MR) is 111 cm³/mol. The van der Waals surface area contributed by atoms with E-state index in [0.29, 0.717) is 4.90 Å². The lowest BCUT2D eigenvalue weighted by atomic mass is 9.83. The Hall–Kier alpha value is -2.47. The fraction of sp³-hybridized carbons (Fsp3) is 0.0476. The highest BCUT2D eigenvalue weighted by atomic mass is 35.5. The van der Waals surface area contributed by atoms with E-state index >= 15 is 0 Å². The molecule has 0 bridgehead atoms. The van der Waals surface area contributed by atoms with Crippen molar-refractivity contribution in [2.45, 2.75) is 4.90 Å². The van der Waals surface area contributed by atoms with E-state index in [2.05, 4.69) is 4.36 Å². The number of hydrogen-bond donors (Lipinski definition) is 0. The minimum Gasteiger partial charge on any atom is -0.289 e. The van der Waals surface area contributed by atoms with Crippen LogP contribution < -0.4 is 0 Å². The number of carbonyl (C=O) groups excluding carboxylic acids is 2. The summed E-state index contributed by atoms with van der Waals surface area (Å²) in [4.78, 5) is 26.8. The molecule has 140 valence electrons. The zero-order chi connectivity index (χ0) is 20.1. The quantitative estimate of drug-likeness (QED) is 0.419. The van der Waals surface area contributed by atoms with E-state index in [4.69, 9.17) is 23.2 Å². The van der Waals surface area contributed by atoms with Crippen LogP contribution >= 0.6 is 23.2 Å². The van der Waals surface area contributed by atoms with E-state index in [1.54, 1.807) is 36.4 Å². The molecule has 0 heterocycles. The van der Waals surface area contributed by atoms with Crippen molar-refractivity contribution in [3.05, 3.63) is 93.0 Å². The van der Waals surface area contributed by atoms with Crippen molar-refractivity contribution in [1.82, 2.24) is 0 Å². The number of ketones is 2. The average molecular weight is 430 g/mol. The molecule has 28 heavy (non-hydrogen) atoms. The molecule has 3 aromatic rings. The Bertz CT molecular complexity index is 1280. The zero-order valence-corrected chi connectivity index (χ0v) is 16.9. The number of fused-ring (bicyclic) bond motifs is 2. The Kier molecular flexibility index (Phi) is 4.62. The second-order valence-electron chi connectivity index (χ2n) is 6.34. The van der Waals surface area contributed by atoms with Crippen LogP contribution in [0.4, 0.5) is 5.69 Å². The first-order valence-corrected chi connectivity index (χ1v) is 11.0. The molecule has 0 aliphatic heterocycles. The molecule has 0 saturated carbocycles. The Labute approximate surface area is 172 Å². The first-order valence-electron chi connectivity index (χ1n) is 8.29. The zero-order valence-electron chi connectivity index (χ0n) is 14.6. The highest BCUT2D eigenvalue weighted by Crippen LogP contribution is 2.39. The summed E-state index contributed by atoms with van der Waals surface area (Å²) in [7, 11) is -2.83. The van der Waals surface area contributed by atoms with Crippen LogP contribution in [0.25, 0.3) is 0 Å². The van der Waals surface area contributed by atoms with Gasteiger partial charge in [0.25, 0.3) is 0 Å². The molecule has 3 aromatic carbocycles. The highest BCUT2D eigenvalue weighted by molar-refractivity contribution is 7.93. The molecule has 1 unspecified atom stereocenters. The number of hydrogen-bond acceptors (Lipinski definition) is 4. The van der Waals surface area contributed by atoms with E-state index in [9.17, 15) is 13.8 Å². The second kappa shape index (κ2) is 6.85. The minimum absolute atomic E-state index is 0.0524. The van der Waals surface area contributed by atoms with E-state index in [0.717, 1.165) is 0 Å². The number of nitrogens with zero attached hydrogens (tertiary/aromatic N) is 1. The molecule has 1 atom stereocenters. The summed E-state index contributed by atoms with van der Waals surface area (Å²) in [6.45, 7) is 0. The van der Waals surface area contributed by atoms with Crippen molar-refractivity contribution >= 4 is 50.2 Å². The maximum atomic E-state index is 13.2. The Morgan fingerprint density at radius 1 is 0.750 bits per heavy atom. The lowest BCUT2D eigenvalue weighted by Crippen LogP contribution is -2.22. The fourth-order valence-corrected chi connectivity index (χ4v) is 4.99. The molecule has 0 spiro atoms. The summed E-state index contributed by atoms with van der Waals surface area (Å²) in [6, 6.07) is 16.4. The van der Waals surface area contributed by atoms with Crippen molar-refractivity contribution in [2.75, 3.05) is 6.26 Å². The smallest absolute Gasteiger partial charge is 0.198 e. The molecule has 7 heteroatoms. The van der Waals surface area contributed by atoms with Gasteiger partial charge in [0.1, 0.15) is 0 Å². The number of benzene rings is 3. The third kappa shape index (κ3) is 2.96. The van der Waals surface area contributed by atoms with E-state index < -0.39 is 21.3 Å². The Morgan fingerprint density at radius 3 is 2.00 bits per heavy atom. The van der Waals surface area contributed by atoms with Crippen LogP contribution in [0, 0.1) is 0 Å². The molecule has 0 aromatic heterocycles. The number of rotatable bonds is 2. The van der Waals surface area contributed by atoms with Crippen LogP contribution in [0.1, 0.15) is 31.8 Å². The molecule has 0 fully saturated rings. The second-order valence-corrected chi connectivity index (χ2v) is 9.42. The van der Waals surface area contributed by atoms with Crippen LogP contribution in [0.15, 0.2) is 69.9 Å². The molecule has 4 nitrogen and oxygen atoms in total. The van der Waals surface area contributed by atoms with Crippen LogP contribution in [0.5, 0.6) is 0 Å². The third-order valence-electron chi connectivity index (χ3n) is 4.53. The summed E-state index contributed by atoms with van der Waals surface area (Å²) in [6.07, 6.45) is 1.49. The van der Waals surface area contributed by atoms with Gasteiger partial charge in [-0.2, -0.15) is 4.36 Å². The van der Waals surface area contributed by atoms with Crippen molar-refractivity contribution < 1.29 is 13.8 Å². The van der Waals surface area contributed by atoms with Crippen molar-refractivity contribution in [1.29, 1.82) is 0 Å². The first kappa shape index (κ1) is 18.9. The molecule has 0 saturated heterocycles. The summed E-state index contributed by atoms with van der Waals surface area (Å²) in [5.74, 6) is -0.865. The van der Waals surface area contributed by atoms with Gasteiger partial charge in [-0.1, -0.05) is 53.5 Å². The fourth-order valence-electron chi connectivity index (χ4n) is 3.21. The molecule has 1 aliphatic rings. The van der Waals surface area contributed by atoms with Gasteiger partial charge in [0.2, 0.25) is 0 Å². The van der Waals surface area contributed by atoms with Crippen LogP contribution in [0.3, 0.4) is 0 Å². The van der Waals surface area contributed by atoms with Gasteiger partial charge < -0.3 is 0 Å². The summed E-state index contributed by atoms with van der Waals surface area (Å²) >= 11 is 12.4.